The SMILES string of the molecule is COc1ccc([C@@H](C)NC(=O)c2cc(N3CC4(CNC4)C3)ccc2C)cc1OC. The van der Waals surface area contributed by atoms with Gasteiger partial charge in [0.05, 0.1) is 20.3 Å². The van der Waals surface area contributed by atoms with Gasteiger partial charge < -0.3 is 25.0 Å². The van der Waals surface area contributed by atoms with Crippen LogP contribution in [0.25, 0.3) is 0 Å². The summed E-state index contributed by atoms with van der Waals surface area (Å²) in [5.74, 6) is 1.26. The summed E-state index contributed by atoms with van der Waals surface area (Å²) in [6, 6.07) is 11.7. The first-order valence-corrected chi connectivity index (χ1v) is 10.0. The summed E-state index contributed by atoms with van der Waals surface area (Å²) in [7, 11) is 3.22. The van der Waals surface area contributed by atoms with Gasteiger partial charge in [-0.2, -0.15) is 0 Å². The van der Waals surface area contributed by atoms with Crippen LogP contribution in [0, 0.1) is 12.3 Å². The number of ether oxygens (including phenoxy) is 2. The molecule has 2 fully saturated rings. The van der Waals surface area contributed by atoms with Crippen LogP contribution in [0.3, 0.4) is 0 Å². The van der Waals surface area contributed by atoms with Gasteiger partial charge in [-0.25, -0.2) is 0 Å². The molecule has 2 heterocycles. The molecule has 2 aromatic carbocycles. The fourth-order valence-electron chi connectivity index (χ4n) is 4.18. The van der Waals surface area contributed by atoms with Crippen molar-refractivity contribution in [3.63, 3.8) is 0 Å². The molecule has 0 unspecified atom stereocenters. The molecule has 2 aromatic rings. The van der Waals surface area contributed by atoms with Crippen LogP contribution in [0.5, 0.6) is 11.5 Å². The summed E-state index contributed by atoms with van der Waals surface area (Å²) in [5, 5.41) is 6.48. The van der Waals surface area contributed by atoms with Gasteiger partial charge in [-0.15, -0.1) is 0 Å². The predicted octanol–water partition coefficient (Wildman–Crippen LogP) is 2.91. The Morgan fingerprint density at radius 2 is 1.83 bits per heavy atom. The van der Waals surface area contributed by atoms with Crippen molar-refractivity contribution in [3.05, 3.63) is 53.1 Å². The Hall–Kier alpha value is -2.73. The number of hydrogen-bond donors (Lipinski definition) is 2. The van der Waals surface area contributed by atoms with Crippen LogP contribution in [-0.4, -0.2) is 46.3 Å². The Morgan fingerprint density at radius 3 is 2.45 bits per heavy atom. The molecule has 154 valence electrons. The van der Waals surface area contributed by atoms with Crippen molar-refractivity contribution in [2.24, 2.45) is 5.41 Å². The standard InChI is InChI=1S/C23H29N3O3/c1-15-5-7-18(26-13-23(14-26)11-24-12-23)10-19(15)22(27)25-16(2)17-6-8-20(28-3)21(9-17)29-4/h5-10,16,24H,11-14H2,1-4H3,(H,25,27)/t16-/m1/s1. The van der Waals surface area contributed by atoms with Crippen LogP contribution in [0.15, 0.2) is 36.4 Å². The zero-order valence-electron chi connectivity index (χ0n) is 17.5. The summed E-state index contributed by atoms with van der Waals surface area (Å²) >= 11 is 0. The number of nitrogens with one attached hydrogen (secondary N) is 2. The Bertz CT molecular complexity index is 916. The quantitative estimate of drug-likeness (QED) is 0.788. The van der Waals surface area contributed by atoms with Gasteiger partial charge >= 0.3 is 0 Å². The molecule has 29 heavy (non-hydrogen) atoms. The number of carbonyl (C=O) groups is 1. The lowest BCUT2D eigenvalue weighted by Gasteiger charge is -2.57. The topological polar surface area (TPSA) is 62.8 Å². The molecule has 0 radical (unpaired) electrons. The van der Waals surface area contributed by atoms with E-state index in [4.69, 9.17) is 9.47 Å². The molecule has 6 heteroatoms. The molecule has 0 aromatic heterocycles. The van der Waals surface area contributed by atoms with E-state index in [0.29, 0.717) is 16.9 Å². The van der Waals surface area contributed by atoms with Gasteiger partial charge in [0.1, 0.15) is 0 Å². The third-order valence-electron chi connectivity index (χ3n) is 6.14. The lowest BCUT2D eigenvalue weighted by atomic mass is 9.74. The number of rotatable bonds is 6. The maximum Gasteiger partial charge on any atom is 0.252 e. The zero-order valence-corrected chi connectivity index (χ0v) is 17.5. The first-order chi connectivity index (χ1) is 13.9. The molecule has 0 saturated carbocycles. The van der Waals surface area contributed by atoms with E-state index in [9.17, 15) is 4.79 Å². The Labute approximate surface area is 172 Å². The monoisotopic (exact) mass is 395 g/mol. The number of aryl methyl sites for hydroxylation is 1. The highest BCUT2D eigenvalue weighted by atomic mass is 16.5. The maximum absolute atomic E-state index is 13.0. The number of anilines is 1. The molecule has 6 nitrogen and oxygen atoms in total. The van der Waals surface area contributed by atoms with E-state index in [1.165, 1.54) is 0 Å². The molecule has 1 atom stereocenters. The van der Waals surface area contributed by atoms with Gasteiger partial charge in [0.25, 0.3) is 5.91 Å². The lowest BCUT2D eigenvalue weighted by molar-refractivity contribution is 0.0939. The molecule has 2 aliphatic rings. The number of amides is 1. The molecular formula is C23H29N3O3. The van der Waals surface area contributed by atoms with Crippen LogP contribution in [0.1, 0.15) is 34.5 Å². The molecule has 2 aliphatic heterocycles. The third kappa shape index (κ3) is 3.65. The van der Waals surface area contributed by atoms with Crippen molar-refractivity contribution in [1.29, 1.82) is 0 Å². The van der Waals surface area contributed by atoms with Crippen molar-refractivity contribution >= 4 is 11.6 Å². The smallest absolute Gasteiger partial charge is 0.252 e. The van der Waals surface area contributed by atoms with E-state index in [2.05, 4.69) is 21.6 Å². The highest BCUT2D eigenvalue weighted by molar-refractivity contribution is 5.97. The van der Waals surface area contributed by atoms with E-state index in [1.54, 1.807) is 14.2 Å². The number of carbonyl (C=O) groups excluding carboxylic acids is 1. The normalized spacial score (nSPS) is 17.9. The molecule has 0 bridgehead atoms. The van der Waals surface area contributed by atoms with Crippen molar-refractivity contribution < 1.29 is 14.3 Å². The first kappa shape index (κ1) is 19.6. The predicted molar refractivity (Wildman–Crippen MR) is 114 cm³/mol. The van der Waals surface area contributed by atoms with Crippen molar-refractivity contribution in [2.45, 2.75) is 19.9 Å². The second-order valence-corrected chi connectivity index (χ2v) is 8.27. The van der Waals surface area contributed by atoms with Crippen molar-refractivity contribution in [3.8, 4) is 11.5 Å². The Balaban J connectivity index is 1.47. The van der Waals surface area contributed by atoms with Gasteiger partial charge in [-0.1, -0.05) is 12.1 Å². The number of benzene rings is 2. The van der Waals surface area contributed by atoms with Gasteiger partial charge in [0.2, 0.25) is 0 Å². The number of nitrogens with zero attached hydrogens (tertiary/aromatic N) is 1. The molecule has 0 aliphatic carbocycles. The molecular weight excluding hydrogens is 366 g/mol. The van der Waals surface area contributed by atoms with Gasteiger partial charge in [0.15, 0.2) is 11.5 Å². The Morgan fingerprint density at radius 1 is 1.10 bits per heavy atom. The van der Waals surface area contributed by atoms with Crippen LogP contribution >= 0.6 is 0 Å². The van der Waals surface area contributed by atoms with Crippen LogP contribution in [0.4, 0.5) is 5.69 Å². The molecule has 1 spiro atoms. The molecule has 2 saturated heterocycles. The van der Waals surface area contributed by atoms with Crippen LogP contribution in [-0.2, 0) is 0 Å². The second-order valence-electron chi connectivity index (χ2n) is 8.27. The minimum Gasteiger partial charge on any atom is -0.493 e. The summed E-state index contributed by atoms with van der Waals surface area (Å²) in [5.41, 5.74) is 4.24. The van der Waals surface area contributed by atoms with E-state index in [1.807, 2.05) is 44.2 Å². The zero-order chi connectivity index (χ0) is 20.6. The summed E-state index contributed by atoms with van der Waals surface area (Å²) < 4.78 is 10.7. The molecule has 1 amide bonds. The average Bonchev–Trinajstić information content (AvgIpc) is 2.66. The largest absolute Gasteiger partial charge is 0.493 e. The summed E-state index contributed by atoms with van der Waals surface area (Å²) in [6.45, 7) is 8.28. The van der Waals surface area contributed by atoms with E-state index in [0.717, 1.165) is 48.6 Å². The number of hydrogen-bond acceptors (Lipinski definition) is 5. The summed E-state index contributed by atoms with van der Waals surface area (Å²) in [4.78, 5) is 15.4. The fourth-order valence-corrected chi connectivity index (χ4v) is 4.18. The summed E-state index contributed by atoms with van der Waals surface area (Å²) in [6.07, 6.45) is 0. The first-order valence-electron chi connectivity index (χ1n) is 10.0. The number of methoxy groups -OCH3 is 2. The molecule has 2 N–H and O–H groups in total. The van der Waals surface area contributed by atoms with E-state index >= 15 is 0 Å². The molecule has 4 rings (SSSR count). The van der Waals surface area contributed by atoms with Crippen LogP contribution in [0.2, 0.25) is 0 Å². The van der Waals surface area contributed by atoms with Gasteiger partial charge in [-0.05, 0) is 49.2 Å². The van der Waals surface area contributed by atoms with Crippen molar-refractivity contribution in [2.75, 3.05) is 45.3 Å². The minimum absolute atomic E-state index is 0.0628. The Kier molecular flexibility index (Phi) is 5.13. The van der Waals surface area contributed by atoms with Gasteiger partial charge in [-0.3, -0.25) is 4.79 Å². The highest BCUT2D eigenvalue weighted by Gasteiger charge is 2.47. The van der Waals surface area contributed by atoms with Crippen molar-refractivity contribution in [1.82, 2.24) is 10.6 Å². The third-order valence-corrected chi connectivity index (χ3v) is 6.14. The van der Waals surface area contributed by atoms with Crippen LogP contribution < -0.4 is 25.0 Å². The lowest BCUT2D eigenvalue weighted by Crippen LogP contribution is -2.71. The fraction of sp³-hybridized carbons (Fsp3) is 0.435. The second kappa shape index (κ2) is 7.59. The van der Waals surface area contributed by atoms with Gasteiger partial charge in [0, 0.05) is 42.8 Å². The average molecular weight is 396 g/mol. The van der Waals surface area contributed by atoms with E-state index < -0.39 is 0 Å². The maximum atomic E-state index is 13.0. The van der Waals surface area contributed by atoms with E-state index in [-0.39, 0.29) is 11.9 Å². The highest BCUT2D eigenvalue weighted by Crippen LogP contribution is 2.38. The minimum atomic E-state index is -0.154.